The summed E-state index contributed by atoms with van der Waals surface area (Å²) in [6.07, 6.45) is 2.02. The van der Waals surface area contributed by atoms with E-state index >= 15 is 0 Å². The number of nitrogens with one attached hydrogen (secondary N) is 1. The minimum atomic E-state index is -0.944. The van der Waals surface area contributed by atoms with Gasteiger partial charge in [-0.15, -0.1) is 0 Å². The lowest BCUT2D eigenvalue weighted by atomic mass is 9.81. The number of hydrogen-bond donors (Lipinski definition) is 3. The van der Waals surface area contributed by atoms with Gasteiger partial charge in [0.25, 0.3) is 0 Å². The first kappa shape index (κ1) is 17.2. The Kier molecular flexibility index (Phi) is 6.37. The van der Waals surface area contributed by atoms with Gasteiger partial charge in [0, 0.05) is 13.1 Å². The van der Waals surface area contributed by atoms with E-state index in [-0.39, 0.29) is 11.5 Å². The third kappa shape index (κ3) is 4.29. The van der Waals surface area contributed by atoms with Gasteiger partial charge in [-0.2, -0.15) is 0 Å². The number of aromatic carboxylic acids is 1. The predicted octanol–water partition coefficient (Wildman–Crippen LogP) is 1.81. The maximum Gasteiger partial charge on any atom is 0.335 e. The molecule has 1 rings (SSSR count). The Morgan fingerprint density at radius 1 is 1.29 bits per heavy atom. The van der Waals surface area contributed by atoms with Crippen molar-refractivity contribution in [3.63, 3.8) is 0 Å². The summed E-state index contributed by atoms with van der Waals surface area (Å²) in [7, 11) is 0. The van der Waals surface area contributed by atoms with Crippen molar-refractivity contribution >= 4 is 11.9 Å². The lowest BCUT2D eigenvalue weighted by molar-refractivity contribution is -0.131. The molecule has 0 fully saturated rings. The molecule has 0 radical (unpaired) electrons. The van der Waals surface area contributed by atoms with E-state index in [1.807, 2.05) is 19.9 Å². The molecule has 0 saturated heterocycles. The molecule has 5 heteroatoms. The molecule has 0 aromatic heterocycles. The summed E-state index contributed by atoms with van der Waals surface area (Å²) in [6.45, 7) is 4.74. The van der Waals surface area contributed by atoms with E-state index in [9.17, 15) is 9.59 Å². The van der Waals surface area contributed by atoms with E-state index in [0.717, 1.165) is 5.56 Å². The van der Waals surface area contributed by atoms with E-state index in [0.29, 0.717) is 32.4 Å². The molecular formula is C16H24N2O3. The van der Waals surface area contributed by atoms with E-state index in [1.54, 1.807) is 18.2 Å². The average Bonchev–Trinajstić information content (AvgIpc) is 2.50. The van der Waals surface area contributed by atoms with Gasteiger partial charge >= 0.3 is 5.97 Å². The van der Waals surface area contributed by atoms with Gasteiger partial charge in [0.1, 0.15) is 0 Å². The Balaban J connectivity index is 2.59. The molecule has 5 nitrogen and oxygen atoms in total. The first-order valence-corrected chi connectivity index (χ1v) is 7.29. The minimum Gasteiger partial charge on any atom is -0.478 e. The van der Waals surface area contributed by atoms with Crippen molar-refractivity contribution in [2.75, 3.05) is 13.1 Å². The lowest BCUT2D eigenvalue weighted by Gasteiger charge is -2.28. The summed E-state index contributed by atoms with van der Waals surface area (Å²) in [5.41, 5.74) is 6.39. The summed E-state index contributed by atoms with van der Waals surface area (Å²) >= 11 is 0. The third-order valence-electron chi connectivity index (χ3n) is 4.10. The smallest absolute Gasteiger partial charge is 0.335 e. The van der Waals surface area contributed by atoms with Crippen LogP contribution in [-0.4, -0.2) is 30.1 Å². The molecule has 21 heavy (non-hydrogen) atoms. The molecule has 1 amide bonds. The topological polar surface area (TPSA) is 92.4 Å². The number of rotatable bonds is 8. The van der Waals surface area contributed by atoms with Crippen molar-refractivity contribution in [3.05, 3.63) is 35.4 Å². The van der Waals surface area contributed by atoms with Crippen molar-refractivity contribution < 1.29 is 14.7 Å². The van der Waals surface area contributed by atoms with Crippen LogP contribution in [0.15, 0.2) is 24.3 Å². The normalized spacial score (nSPS) is 11.2. The highest BCUT2D eigenvalue weighted by atomic mass is 16.4. The first-order chi connectivity index (χ1) is 9.99. The van der Waals surface area contributed by atoms with Crippen LogP contribution in [0.3, 0.4) is 0 Å². The maximum atomic E-state index is 12.2. The van der Waals surface area contributed by atoms with Crippen LogP contribution in [0.25, 0.3) is 0 Å². The third-order valence-corrected chi connectivity index (χ3v) is 4.10. The summed E-state index contributed by atoms with van der Waals surface area (Å²) < 4.78 is 0. The van der Waals surface area contributed by atoms with Gasteiger partial charge in [-0.3, -0.25) is 4.79 Å². The quantitative estimate of drug-likeness (QED) is 0.681. The number of carbonyl (C=O) groups is 2. The first-order valence-electron chi connectivity index (χ1n) is 7.29. The standard InChI is InChI=1S/C16H24N2O3/c1-3-16(4-2,11-17)15(21)18-9-8-12-6-5-7-13(10-12)14(19)20/h5-7,10H,3-4,8-9,11,17H2,1-2H3,(H,18,21)(H,19,20). The predicted molar refractivity (Wildman–Crippen MR) is 82.2 cm³/mol. The second-order valence-electron chi connectivity index (χ2n) is 5.20. The van der Waals surface area contributed by atoms with Gasteiger partial charge in [0.2, 0.25) is 5.91 Å². The largest absolute Gasteiger partial charge is 0.478 e. The number of amides is 1. The van der Waals surface area contributed by atoms with Crippen molar-refractivity contribution in [2.24, 2.45) is 11.1 Å². The Morgan fingerprint density at radius 2 is 1.95 bits per heavy atom. The van der Waals surface area contributed by atoms with Crippen LogP contribution in [-0.2, 0) is 11.2 Å². The molecule has 0 heterocycles. The number of nitrogens with two attached hydrogens (primary N) is 1. The number of carboxylic acids is 1. The number of carboxylic acid groups (broad SMARTS) is 1. The molecule has 4 N–H and O–H groups in total. The highest BCUT2D eigenvalue weighted by Crippen LogP contribution is 2.24. The Morgan fingerprint density at radius 3 is 2.48 bits per heavy atom. The molecule has 0 aliphatic rings. The summed E-state index contributed by atoms with van der Waals surface area (Å²) in [4.78, 5) is 23.1. The number of carbonyl (C=O) groups excluding carboxylic acids is 1. The van der Waals surface area contributed by atoms with Gasteiger partial charge in [-0.05, 0) is 37.0 Å². The zero-order valence-corrected chi connectivity index (χ0v) is 12.7. The molecule has 0 unspecified atom stereocenters. The highest BCUT2D eigenvalue weighted by molar-refractivity contribution is 5.87. The molecule has 116 valence electrons. The van der Waals surface area contributed by atoms with Crippen molar-refractivity contribution in [2.45, 2.75) is 33.1 Å². The van der Waals surface area contributed by atoms with Gasteiger partial charge in [-0.25, -0.2) is 4.79 Å². The van der Waals surface area contributed by atoms with E-state index in [1.165, 1.54) is 0 Å². The lowest BCUT2D eigenvalue weighted by Crippen LogP contribution is -2.45. The fourth-order valence-electron chi connectivity index (χ4n) is 2.32. The molecule has 1 aromatic carbocycles. The van der Waals surface area contributed by atoms with Crippen LogP contribution in [0.4, 0.5) is 0 Å². The Hall–Kier alpha value is -1.88. The molecule has 0 aliphatic heterocycles. The van der Waals surface area contributed by atoms with Crippen LogP contribution in [0.1, 0.15) is 42.6 Å². The molecule has 0 saturated carbocycles. The Bertz CT molecular complexity index is 488. The van der Waals surface area contributed by atoms with E-state index in [4.69, 9.17) is 10.8 Å². The van der Waals surface area contributed by atoms with Crippen LogP contribution in [0, 0.1) is 5.41 Å². The van der Waals surface area contributed by atoms with Crippen LogP contribution < -0.4 is 11.1 Å². The van der Waals surface area contributed by atoms with E-state index < -0.39 is 11.4 Å². The average molecular weight is 292 g/mol. The molecule has 1 aromatic rings. The van der Waals surface area contributed by atoms with Crippen molar-refractivity contribution in [3.8, 4) is 0 Å². The minimum absolute atomic E-state index is 0.0237. The highest BCUT2D eigenvalue weighted by Gasteiger charge is 2.32. The van der Waals surface area contributed by atoms with Gasteiger partial charge in [0.05, 0.1) is 11.0 Å². The number of benzene rings is 1. The zero-order valence-electron chi connectivity index (χ0n) is 12.7. The van der Waals surface area contributed by atoms with Gasteiger partial charge < -0.3 is 16.2 Å². The van der Waals surface area contributed by atoms with Gasteiger partial charge in [-0.1, -0.05) is 26.0 Å². The van der Waals surface area contributed by atoms with Crippen LogP contribution >= 0.6 is 0 Å². The van der Waals surface area contributed by atoms with Crippen molar-refractivity contribution in [1.82, 2.24) is 5.32 Å². The van der Waals surface area contributed by atoms with Gasteiger partial charge in [0.15, 0.2) is 0 Å². The molecule has 0 aliphatic carbocycles. The fourth-order valence-corrected chi connectivity index (χ4v) is 2.32. The second kappa shape index (κ2) is 7.78. The summed E-state index contributed by atoms with van der Waals surface area (Å²) in [5, 5.41) is 11.8. The fraction of sp³-hybridized carbons (Fsp3) is 0.500. The maximum absolute atomic E-state index is 12.2. The molecule has 0 spiro atoms. The summed E-state index contributed by atoms with van der Waals surface area (Å²) in [5.74, 6) is -0.968. The van der Waals surface area contributed by atoms with E-state index in [2.05, 4.69) is 5.32 Å². The van der Waals surface area contributed by atoms with Crippen molar-refractivity contribution in [1.29, 1.82) is 0 Å². The van der Waals surface area contributed by atoms with Crippen LogP contribution in [0.5, 0.6) is 0 Å². The molecular weight excluding hydrogens is 268 g/mol. The molecule has 0 bridgehead atoms. The Labute approximate surface area is 125 Å². The monoisotopic (exact) mass is 292 g/mol. The second-order valence-corrected chi connectivity index (χ2v) is 5.20. The molecule has 0 atom stereocenters. The summed E-state index contributed by atoms with van der Waals surface area (Å²) in [6, 6.07) is 6.75. The SMILES string of the molecule is CCC(CC)(CN)C(=O)NCCc1cccc(C(=O)O)c1. The van der Waals surface area contributed by atoms with Crippen LogP contribution in [0.2, 0.25) is 0 Å². The number of hydrogen-bond acceptors (Lipinski definition) is 3. The zero-order chi connectivity index (χ0) is 15.9.